The van der Waals surface area contributed by atoms with Gasteiger partial charge < -0.3 is 15.5 Å². The van der Waals surface area contributed by atoms with Crippen LogP contribution in [0.4, 0.5) is 24.5 Å². The van der Waals surface area contributed by atoms with E-state index in [1.807, 2.05) is 49.4 Å². The van der Waals surface area contributed by atoms with E-state index in [1.165, 1.54) is 17.7 Å². The van der Waals surface area contributed by atoms with Crippen LogP contribution in [-0.2, 0) is 11.0 Å². The molecule has 1 fully saturated rings. The Balaban J connectivity index is 1.17. The summed E-state index contributed by atoms with van der Waals surface area (Å²) in [5.74, 6) is -0.328. The second kappa shape index (κ2) is 14.5. The Kier molecular flexibility index (Phi) is 10.3. The van der Waals surface area contributed by atoms with Crippen LogP contribution in [0.3, 0.4) is 0 Å². The number of hydrogen-bond donors (Lipinski definition) is 3. The van der Waals surface area contributed by atoms with Crippen molar-refractivity contribution in [1.29, 1.82) is 0 Å². The molecule has 1 amide bonds. The number of halogens is 3. The van der Waals surface area contributed by atoms with Gasteiger partial charge >= 0.3 is 6.18 Å². The molecule has 0 aromatic heterocycles. The number of alkyl halides is 3. The third-order valence-corrected chi connectivity index (χ3v) is 7.82. The fourth-order valence-electron chi connectivity index (χ4n) is 5.48. The fourth-order valence-corrected chi connectivity index (χ4v) is 5.48. The van der Waals surface area contributed by atoms with Crippen LogP contribution in [0.5, 0.6) is 0 Å². The first kappa shape index (κ1) is 31.3. The molecule has 9 heteroatoms. The van der Waals surface area contributed by atoms with E-state index in [1.54, 1.807) is 24.3 Å². The van der Waals surface area contributed by atoms with E-state index in [-0.39, 0.29) is 11.9 Å². The summed E-state index contributed by atoms with van der Waals surface area (Å²) in [6.07, 6.45) is -2.44. The third-order valence-electron chi connectivity index (χ3n) is 7.82. The van der Waals surface area contributed by atoms with Crippen LogP contribution >= 0.6 is 0 Å². The molecule has 0 spiro atoms. The molecule has 0 aliphatic carbocycles. The summed E-state index contributed by atoms with van der Waals surface area (Å²) < 4.78 is 39.0. The Labute approximate surface area is 256 Å². The number of nitrogens with one attached hydrogen (secondary N) is 3. The van der Waals surface area contributed by atoms with E-state index in [0.29, 0.717) is 35.0 Å². The zero-order chi connectivity index (χ0) is 30.9. The van der Waals surface area contributed by atoms with E-state index in [4.69, 9.17) is 4.84 Å². The highest BCUT2D eigenvalue weighted by Crippen LogP contribution is 2.32. The fraction of sp³-hybridized carbons (Fsp3) is 0.286. The van der Waals surface area contributed by atoms with E-state index < -0.39 is 11.7 Å². The van der Waals surface area contributed by atoms with Crippen molar-refractivity contribution in [3.8, 4) is 11.1 Å². The molecule has 4 aromatic carbocycles. The van der Waals surface area contributed by atoms with Crippen LogP contribution < -0.4 is 21.0 Å². The first-order valence-electron chi connectivity index (χ1n) is 14.9. The van der Waals surface area contributed by atoms with Gasteiger partial charge in [-0.25, -0.2) is 5.48 Å². The topological polar surface area (TPSA) is 65.6 Å². The summed E-state index contributed by atoms with van der Waals surface area (Å²) in [6, 6.07) is 30.3. The highest BCUT2D eigenvalue weighted by Gasteiger charge is 2.30. The van der Waals surface area contributed by atoms with Crippen molar-refractivity contribution >= 4 is 17.3 Å². The molecule has 0 radical (unpaired) electrons. The number of piperidine rings is 1. The van der Waals surface area contributed by atoms with Crippen molar-refractivity contribution in [3.05, 3.63) is 120 Å². The van der Waals surface area contributed by atoms with Gasteiger partial charge in [-0.3, -0.25) is 9.63 Å². The maximum Gasteiger partial charge on any atom is 0.416 e. The minimum absolute atomic E-state index is 0.0964. The average Bonchev–Trinajstić information content (AvgIpc) is 3.05. The standard InChI is InChI=1S/C35H37F3N4O2/c1-2-39-44-24-33(26-8-4-3-5-9-26)40-29-20-22-42(23-21-29)30-18-16-28(17-19-30)41-34(43)32-11-7-6-10-31(32)25-12-14-27(15-13-25)35(36,37)38/h3-19,29,33,39-40H,2,20-24H2,1H3,(H,41,43). The van der Waals surface area contributed by atoms with Gasteiger partial charge in [-0.1, -0.05) is 67.6 Å². The number of hydrogen-bond acceptors (Lipinski definition) is 5. The molecule has 5 rings (SSSR count). The molecule has 4 aromatic rings. The van der Waals surface area contributed by atoms with Gasteiger partial charge in [0, 0.05) is 42.6 Å². The van der Waals surface area contributed by atoms with Gasteiger partial charge in [0.15, 0.2) is 0 Å². The predicted molar refractivity (Wildman–Crippen MR) is 168 cm³/mol. The van der Waals surface area contributed by atoms with Crippen molar-refractivity contribution in [1.82, 2.24) is 10.8 Å². The molecule has 230 valence electrons. The molecule has 3 N–H and O–H groups in total. The molecule has 0 saturated carbocycles. The van der Waals surface area contributed by atoms with Gasteiger partial charge in [0.2, 0.25) is 0 Å². The first-order chi connectivity index (χ1) is 21.3. The number of carbonyl (C=O) groups excluding carboxylic acids is 1. The molecular weight excluding hydrogens is 565 g/mol. The van der Waals surface area contributed by atoms with Crippen molar-refractivity contribution < 1.29 is 22.8 Å². The molecule has 44 heavy (non-hydrogen) atoms. The highest BCUT2D eigenvalue weighted by atomic mass is 19.4. The molecule has 6 nitrogen and oxygen atoms in total. The lowest BCUT2D eigenvalue weighted by Crippen LogP contribution is -2.45. The summed E-state index contributed by atoms with van der Waals surface area (Å²) >= 11 is 0. The molecule has 1 atom stereocenters. The van der Waals surface area contributed by atoms with Crippen molar-refractivity contribution in [2.24, 2.45) is 0 Å². The second-order valence-electron chi connectivity index (χ2n) is 10.8. The summed E-state index contributed by atoms with van der Waals surface area (Å²) in [6.45, 7) is 5.10. The number of benzene rings is 4. The maximum atomic E-state index is 13.2. The van der Waals surface area contributed by atoms with Gasteiger partial charge in [-0.05, 0) is 72.0 Å². The first-order valence-corrected chi connectivity index (χ1v) is 14.9. The van der Waals surface area contributed by atoms with Crippen LogP contribution in [0.1, 0.15) is 47.3 Å². The van der Waals surface area contributed by atoms with Crippen molar-refractivity contribution in [3.63, 3.8) is 0 Å². The van der Waals surface area contributed by atoms with Crippen LogP contribution in [0.25, 0.3) is 11.1 Å². The monoisotopic (exact) mass is 602 g/mol. The lowest BCUT2D eigenvalue weighted by Gasteiger charge is -2.36. The van der Waals surface area contributed by atoms with Crippen molar-refractivity contribution in [2.75, 3.05) is 36.5 Å². The Morgan fingerprint density at radius 1 is 0.886 bits per heavy atom. The molecule has 1 saturated heterocycles. The zero-order valence-electron chi connectivity index (χ0n) is 24.6. The SMILES string of the molecule is CCNOCC(NC1CCN(c2ccc(NC(=O)c3ccccc3-c3ccc(C(F)(F)F)cc3)cc2)CC1)c1ccccc1. The Bertz CT molecular complexity index is 1490. The predicted octanol–water partition coefficient (Wildman–Crippen LogP) is 7.47. The Morgan fingerprint density at radius 2 is 1.55 bits per heavy atom. The van der Waals surface area contributed by atoms with E-state index >= 15 is 0 Å². The lowest BCUT2D eigenvalue weighted by atomic mass is 9.98. The largest absolute Gasteiger partial charge is 0.416 e. The van der Waals surface area contributed by atoms with Crippen LogP contribution in [0.15, 0.2) is 103 Å². The molecule has 1 unspecified atom stereocenters. The highest BCUT2D eigenvalue weighted by molar-refractivity contribution is 6.08. The maximum absolute atomic E-state index is 13.2. The van der Waals surface area contributed by atoms with Crippen LogP contribution in [0, 0.1) is 0 Å². The van der Waals surface area contributed by atoms with Gasteiger partial charge in [0.05, 0.1) is 18.2 Å². The summed E-state index contributed by atoms with van der Waals surface area (Å²) in [7, 11) is 0. The Hall–Kier alpha value is -4.18. The second-order valence-corrected chi connectivity index (χ2v) is 10.8. The van der Waals surface area contributed by atoms with Crippen LogP contribution in [-0.4, -0.2) is 38.2 Å². The third kappa shape index (κ3) is 8.05. The molecule has 1 aliphatic rings. The van der Waals surface area contributed by atoms with E-state index in [9.17, 15) is 18.0 Å². The molecular formula is C35H37F3N4O2. The number of amides is 1. The molecule has 0 bridgehead atoms. The summed E-state index contributed by atoms with van der Waals surface area (Å²) in [4.78, 5) is 21.2. The Morgan fingerprint density at radius 3 is 2.20 bits per heavy atom. The zero-order valence-corrected chi connectivity index (χ0v) is 24.6. The molecule has 1 heterocycles. The van der Waals surface area contributed by atoms with Gasteiger partial charge in [0.1, 0.15) is 0 Å². The normalized spacial score (nSPS) is 14.8. The number of rotatable bonds is 11. The van der Waals surface area contributed by atoms with Crippen molar-refractivity contribution in [2.45, 2.75) is 38.0 Å². The number of nitrogens with zero attached hydrogens (tertiary/aromatic N) is 1. The summed E-state index contributed by atoms with van der Waals surface area (Å²) in [5, 5.41) is 6.72. The van der Waals surface area contributed by atoms with Gasteiger partial charge in [-0.15, -0.1) is 0 Å². The minimum atomic E-state index is -4.42. The number of hydroxylamine groups is 1. The molecule has 1 aliphatic heterocycles. The van der Waals surface area contributed by atoms with Gasteiger partial charge in [-0.2, -0.15) is 13.2 Å². The minimum Gasteiger partial charge on any atom is -0.371 e. The summed E-state index contributed by atoms with van der Waals surface area (Å²) in [5.41, 5.74) is 6.64. The van der Waals surface area contributed by atoms with E-state index in [0.717, 1.165) is 50.3 Å². The number of carbonyl (C=O) groups is 1. The van der Waals surface area contributed by atoms with Crippen LogP contribution in [0.2, 0.25) is 0 Å². The smallest absolute Gasteiger partial charge is 0.371 e. The average molecular weight is 603 g/mol. The van der Waals surface area contributed by atoms with Gasteiger partial charge in [0.25, 0.3) is 5.91 Å². The van der Waals surface area contributed by atoms with E-state index in [2.05, 4.69) is 33.1 Å². The quantitative estimate of drug-likeness (QED) is 0.123. The number of anilines is 2. The lowest BCUT2D eigenvalue weighted by molar-refractivity contribution is -0.137.